The molecule has 1 aliphatic heterocycles. The maximum Gasteiger partial charge on any atom is 0.326 e. The van der Waals surface area contributed by atoms with Gasteiger partial charge in [-0.1, -0.05) is 84.0 Å². The number of furan rings is 1. The Kier molecular flexibility index (Phi) is 7.94. The molecule has 4 aromatic rings. The summed E-state index contributed by atoms with van der Waals surface area (Å²) in [6.45, 7) is 13.1. The Labute approximate surface area is 253 Å². The van der Waals surface area contributed by atoms with Gasteiger partial charge in [0.1, 0.15) is 17.5 Å². The van der Waals surface area contributed by atoms with E-state index >= 15 is 0 Å². The van der Waals surface area contributed by atoms with E-state index in [1.165, 1.54) is 5.56 Å². The van der Waals surface area contributed by atoms with Gasteiger partial charge in [0, 0.05) is 43.2 Å². The summed E-state index contributed by atoms with van der Waals surface area (Å²) in [5.41, 5.74) is 4.27. The lowest BCUT2D eigenvalue weighted by molar-refractivity contribution is -0.144. The number of carbonyl (C=O) groups is 2. The van der Waals surface area contributed by atoms with Crippen LogP contribution in [-0.4, -0.2) is 45.6 Å². The fourth-order valence-corrected chi connectivity index (χ4v) is 6.70. The number of hydrogen-bond acceptors (Lipinski definition) is 5. The molecule has 0 saturated carbocycles. The van der Waals surface area contributed by atoms with E-state index in [4.69, 9.17) is 9.15 Å². The Morgan fingerprint density at radius 2 is 1.70 bits per heavy atom. The van der Waals surface area contributed by atoms with Crippen LogP contribution in [0.15, 0.2) is 71.3 Å². The number of nitrogens with one attached hydrogen (secondary N) is 1. The highest BCUT2D eigenvalue weighted by atomic mass is 16.5. The molecule has 8 nitrogen and oxygen atoms in total. The Hall–Kier alpha value is -4.04. The molecule has 1 fully saturated rings. The molecule has 1 amide bonds. The number of likely N-dealkylation sites (tertiary alicyclic amines) is 1. The molecule has 0 bridgehead atoms. The number of methoxy groups -OCH3 is 1. The Morgan fingerprint density at radius 1 is 1.00 bits per heavy atom. The van der Waals surface area contributed by atoms with E-state index in [0.29, 0.717) is 17.8 Å². The number of hydrogen-bond donors (Lipinski definition) is 2. The van der Waals surface area contributed by atoms with Gasteiger partial charge in [-0.05, 0) is 28.0 Å². The lowest BCUT2D eigenvalue weighted by atomic mass is 9.72. The summed E-state index contributed by atoms with van der Waals surface area (Å²) in [6, 6.07) is 17.5. The number of carboxylic acids is 1. The van der Waals surface area contributed by atoms with Crippen LogP contribution in [0.1, 0.15) is 74.8 Å². The van der Waals surface area contributed by atoms with Gasteiger partial charge in [-0.25, -0.2) is 4.79 Å². The minimum atomic E-state index is -1.07. The molecule has 0 aliphatic carbocycles. The van der Waals surface area contributed by atoms with Crippen molar-refractivity contribution in [1.29, 1.82) is 0 Å². The molecular weight excluding hydrogens is 542 g/mol. The summed E-state index contributed by atoms with van der Waals surface area (Å²) in [5, 5.41) is 14.5. The number of carboxylic acid groups (broad SMARTS) is 1. The van der Waals surface area contributed by atoms with Gasteiger partial charge in [-0.15, -0.1) is 0 Å². The van der Waals surface area contributed by atoms with Gasteiger partial charge in [-0.2, -0.15) is 0 Å². The van der Waals surface area contributed by atoms with Crippen molar-refractivity contribution < 1.29 is 23.8 Å². The summed E-state index contributed by atoms with van der Waals surface area (Å²) in [7, 11) is 3.47. The van der Waals surface area contributed by atoms with Gasteiger partial charge in [0.05, 0.1) is 24.9 Å². The van der Waals surface area contributed by atoms with Crippen molar-refractivity contribution in [2.45, 2.75) is 71.6 Å². The van der Waals surface area contributed by atoms with Crippen LogP contribution in [0.3, 0.4) is 0 Å². The van der Waals surface area contributed by atoms with Crippen molar-refractivity contribution in [2.24, 2.45) is 18.4 Å². The van der Waals surface area contributed by atoms with Crippen LogP contribution in [0.4, 0.5) is 0 Å². The number of ether oxygens (including phenoxy) is 1. The number of rotatable bonds is 7. The van der Waals surface area contributed by atoms with E-state index in [9.17, 15) is 14.7 Å². The third-order valence-corrected chi connectivity index (χ3v) is 8.85. The molecule has 4 atom stereocenters. The van der Waals surface area contributed by atoms with Gasteiger partial charge in [0.25, 0.3) is 5.91 Å². The minimum Gasteiger partial charge on any atom is -0.496 e. The second kappa shape index (κ2) is 11.2. The molecule has 5 rings (SSSR count). The first-order valence-electron chi connectivity index (χ1n) is 14.8. The highest BCUT2D eigenvalue weighted by molar-refractivity contribution is 6.00. The standard InChI is InChI=1S/C35H43N3O5/c1-34(2,3)23-14-15-26(42-8)22(18-23)20-36-29-28(35(4,5)6)31(33(40)41)38(30(29)21-12-10-9-11-13-21)32(39)25-19-27-24(37(25)7)16-17-43-27/h9-19,28-31,36H,20H2,1-8H3,(H,40,41)/t28-,29-,30-,31-/m0/s1. The van der Waals surface area contributed by atoms with Crippen LogP contribution in [-0.2, 0) is 23.8 Å². The number of benzene rings is 2. The van der Waals surface area contributed by atoms with Gasteiger partial charge in [0.2, 0.25) is 0 Å². The fraction of sp³-hybridized carbons (Fsp3) is 0.429. The van der Waals surface area contributed by atoms with Crippen molar-refractivity contribution in [2.75, 3.05) is 7.11 Å². The molecule has 2 aromatic carbocycles. The molecule has 0 unspecified atom stereocenters. The highest BCUT2D eigenvalue weighted by Crippen LogP contribution is 2.49. The van der Waals surface area contributed by atoms with Gasteiger partial charge in [0.15, 0.2) is 5.58 Å². The molecule has 0 radical (unpaired) electrons. The zero-order chi connectivity index (χ0) is 31.3. The first kappa shape index (κ1) is 30.4. The van der Waals surface area contributed by atoms with Gasteiger partial charge < -0.3 is 29.0 Å². The SMILES string of the molecule is COc1ccc(C(C)(C)C)cc1CN[C@H]1[C@H](C(C)(C)C)[C@@H](C(=O)O)N(C(=O)c2cc3occc3n2C)[C@H]1c1ccccc1. The van der Waals surface area contributed by atoms with E-state index in [-0.39, 0.29) is 17.4 Å². The molecule has 0 spiro atoms. The van der Waals surface area contributed by atoms with Crippen molar-refractivity contribution in [3.05, 3.63) is 89.3 Å². The van der Waals surface area contributed by atoms with Crippen molar-refractivity contribution in [3.63, 3.8) is 0 Å². The highest BCUT2D eigenvalue weighted by Gasteiger charge is 2.58. The minimum absolute atomic E-state index is 0.0548. The van der Waals surface area contributed by atoms with Crippen molar-refractivity contribution >= 4 is 23.0 Å². The van der Waals surface area contributed by atoms with Gasteiger partial charge in [-0.3, -0.25) is 4.79 Å². The number of aryl methyl sites for hydroxylation is 1. The molecule has 3 heterocycles. The van der Waals surface area contributed by atoms with Gasteiger partial charge >= 0.3 is 5.97 Å². The number of nitrogens with zero attached hydrogens (tertiary/aromatic N) is 2. The first-order chi connectivity index (χ1) is 20.2. The van der Waals surface area contributed by atoms with Crippen LogP contribution < -0.4 is 10.1 Å². The largest absolute Gasteiger partial charge is 0.496 e. The second-order valence-corrected chi connectivity index (χ2v) is 13.7. The zero-order valence-corrected chi connectivity index (χ0v) is 26.3. The number of aromatic nitrogens is 1. The Bertz CT molecular complexity index is 1620. The van der Waals surface area contributed by atoms with E-state index < -0.39 is 29.4 Å². The summed E-state index contributed by atoms with van der Waals surface area (Å²) >= 11 is 0. The van der Waals surface area contributed by atoms with Crippen LogP contribution in [0.5, 0.6) is 5.75 Å². The zero-order valence-electron chi connectivity index (χ0n) is 26.3. The molecule has 1 aliphatic rings. The topological polar surface area (TPSA) is 96.9 Å². The molecular formula is C35H43N3O5. The molecule has 228 valence electrons. The average Bonchev–Trinajstić information content (AvgIpc) is 3.64. The number of amides is 1. The quantitative estimate of drug-likeness (QED) is 0.255. The molecule has 2 aromatic heterocycles. The molecule has 2 N–H and O–H groups in total. The third-order valence-electron chi connectivity index (χ3n) is 8.85. The lowest BCUT2D eigenvalue weighted by Crippen LogP contribution is -2.48. The van der Waals surface area contributed by atoms with E-state index in [0.717, 1.165) is 22.4 Å². The third kappa shape index (κ3) is 5.56. The normalized spacial score (nSPS) is 21.0. The number of fused-ring (bicyclic) bond motifs is 1. The monoisotopic (exact) mass is 585 g/mol. The summed E-state index contributed by atoms with van der Waals surface area (Å²) in [6.07, 6.45) is 1.58. The predicted molar refractivity (Wildman–Crippen MR) is 167 cm³/mol. The van der Waals surface area contributed by atoms with Crippen LogP contribution in [0.25, 0.3) is 11.1 Å². The van der Waals surface area contributed by atoms with Crippen molar-refractivity contribution in [1.82, 2.24) is 14.8 Å². The summed E-state index contributed by atoms with van der Waals surface area (Å²) < 4.78 is 13.1. The number of aliphatic carboxylic acids is 1. The summed E-state index contributed by atoms with van der Waals surface area (Å²) in [5.74, 6) is -1.03. The Morgan fingerprint density at radius 3 is 2.28 bits per heavy atom. The van der Waals surface area contributed by atoms with E-state index in [1.807, 2.05) is 36.4 Å². The smallest absolute Gasteiger partial charge is 0.326 e. The van der Waals surface area contributed by atoms with Crippen LogP contribution in [0, 0.1) is 11.3 Å². The Balaban J connectivity index is 1.64. The number of carbonyl (C=O) groups excluding carboxylic acids is 1. The fourth-order valence-electron chi connectivity index (χ4n) is 6.70. The summed E-state index contributed by atoms with van der Waals surface area (Å²) in [4.78, 5) is 29.3. The van der Waals surface area contributed by atoms with Crippen LogP contribution in [0.2, 0.25) is 0 Å². The molecule has 8 heteroatoms. The maximum atomic E-state index is 14.5. The van der Waals surface area contributed by atoms with E-state index in [2.05, 4.69) is 59.0 Å². The maximum absolute atomic E-state index is 14.5. The molecule has 43 heavy (non-hydrogen) atoms. The van der Waals surface area contributed by atoms with Crippen molar-refractivity contribution in [3.8, 4) is 5.75 Å². The molecule has 1 saturated heterocycles. The lowest BCUT2D eigenvalue weighted by Gasteiger charge is -2.35. The first-order valence-corrected chi connectivity index (χ1v) is 14.8. The van der Waals surface area contributed by atoms with E-state index in [1.54, 1.807) is 42.0 Å². The van der Waals surface area contributed by atoms with Crippen LogP contribution >= 0.6 is 0 Å². The average molecular weight is 586 g/mol. The second-order valence-electron chi connectivity index (χ2n) is 13.7. The predicted octanol–water partition coefficient (Wildman–Crippen LogP) is 6.55.